The van der Waals surface area contributed by atoms with E-state index < -0.39 is 17.2 Å². The summed E-state index contributed by atoms with van der Waals surface area (Å²) < 4.78 is 16.9. The van der Waals surface area contributed by atoms with Crippen LogP contribution in [0.25, 0.3) is 10.9 Å². The SMILES string of the molecule is CCn1cc(C(=O)O)c(=O)c2c(C)c(F)c(N3C[C@@H](C)N[C@@H](C)C3)cc21. The molecule has 2 aromatic rings. The second-order valence-corrected chi connectivity index (χ2v) is 7.07. The largest absolute Gasteiger partial charge is 0.477 e. The third-order valence-corrected chi connectivity index (χ3v) is 4.99. The molecule has 0 bridgehead atoms. The van der Waals surface area contributed by atoms with Crippen molar-refractivity contribution in [2.75, 3.05) is 18.0 Å². The van der Waals surface area contributed by atoms with Gasteiger partial charge >= 0.3 is 5.97 Å². The molecule has 1 aliphatic heterocycles. The van der Waals surface area contributed by atoms with E-state index >= 15 is 4.39 Å². The number of pyridine rings is 1. The molecule has 2 heterocycles. The van der Waals surface area contributed by atoms with Crippen molar-refractivity contribution < 1.29 is 14.3 Å². The van der Waals surface area contributed by atoms with Gasteiger partial charge in [0, 0.05) is 43.5 Å². The number of piperazine rings is 1. The van der Waals surface area contributed by atoms with Crippen LogP contribution in [0.15, 0.2) is 17.1 Å². The fourth-order valence-electron chi connectivity index (χ4n) is 3.86. The number of halogens is 1. The first-order valence-corrected chi connectivity index (χ1v) is 8.85. The molecule has 0 radical (unpaired) electrons. The second kappa shape index (κ2) is 6.72. The number of carboxylic acid groups (broad SMARTS) is 1. The summed E-state index contributed by atoms with van der Waals surface area (Å²) >= 11 is 0. The van der Waals surface area contributed by atoms with Crippen LogP contribution in [0.5, 0.6) is 0 Å². The minimum absolute atomic E-state index is 0.143. The van der Waals surface area contributed by atoms with Crippen molar-refractivity contribution in [3.05, 3.63) is 39.4 Å². The van der Waals surface area contributed by atoms with Gasteiger partial charge in [0.1, 0.15) is 11.4 Å². The standard InChI is InChI=1S/C19H24FN3O3/c1-5-22-9-13(19(25)26)18(24)16-12(4)17(20)15(6-14(16)22)23-7-10(2)21-11(3)8-23/h6,9-11,21H,5,7-8H2,1-4H3,(H,25,26)/t10-,11+. The van der Waals surface area contributed by atoms with Crippen molar-refractivity contribution in [1.82, 2.24) is 9.88 Å². The number of nitrogens with one attached hydrogen (secondary N) is 1. The van der Waals surface area contributed by atoms with Crippen molar-refractivity contribution >= 4 is 22.6 Å². The highest BCUT2D eigenvalue weighted by molar-refractivity contribution is 5.95. The minimum atomic E-state index is -1.30. The first-order chi connectivity index (χ1) is 12.2. The van der Waals surface area contributed by atoms with E-state index in [-0.39, 0.29) is 28.6 Å². The number of nitrogens with zero attached hydrogens (tertiary/aromatic N) is 2. The molecule has 26 heavy (non-hydrogen) atoms. The Morgan fingerprint density at radius 2 is 1.96 bits per heavy atom. The van der Waals surface area contributed by atoms with Gasteiger partial charge in [-0.3, -0.25) is 4.79 Å². The van der Waals surface area contributed by atoms with E-state index in [4.69, 9.17) is 0 Å². The molecule has 2 N–H and O–H groups in total. The normalized spacial score (nSPS) is 20.6. The summed E-state index contributed by atoms with van der Waals surface area (Å²) in [7, 11) is 0. The molecule has 1 fully saturated rings. The van der Waals surface area contributed by atoms with Gasteiger partial charge in [-0.15, -0.1) is 0 Å². The molecule has 0 spiro atoms. The van der Waals surface area contributed by atoms with Crippen LogP contribution in [0.1, 0.15) is 36.7 Å². The molecule has 3 rings (SSSR count). The number of aryl methyl sites for hydroxylation is 2. The molecule has 2 atom stereocenters. The second-order valence-electron chi connectivity index (χ2n) is 7.07. The van der Waals surface area contributed by atoms with Crippen molar-refractivity contribution in [3.8, 4) is 0 Å². The van der Waals surface area contributed by atoms with Crippen LogP contribution in [-0.2, 0) is 6.54 Å². The Hall–Kier alpha value is -2.41. The van der Waals surface area contributed by atoms with Crippen LogP contribution < -0.4 is 15.6 Å². The summed E-state index contributed by atoms with van der Waals surface area (Å²) in [6.45, 7) is 9.32. The molecule has 6 nitrogen and oxygen atoms in total. The lowest BCUT2D eigenvalue weighted by Crippen LogP contribution is -2.54. The summed E-state index contributed by atoms with van der Waals surface area (Å²) in [6.07, 6.45) is 1.34. The van der Waals surface area contributed by atoms with E-state index in [1.165, 1.54) is 6.20 Å². The van der Waals surface area contributed by atoms with Crippen molar-refractivity contribution in [3.63, 3.8) is 0 Å². The molecule has 1 saturated heterocycles. The van der Waals surface area contributed by atoms with E-state index in [1.807, 2.05) is 11.8 Å². The molecular weight excluding hydrogens is 337 g/mol. The predicted octanol–water partition coefficient (Wildman–Crippen LogP) is 2.35. The summed E-state index contributed by atoms with van der Waals surface area (Å²) in [6, 6.07) is 2.12. The highest BCUT2D eigenvalue weighted by Gasteiger charge is 2.26. The van der Waals surface area contributed by atoms with Gasteiger partial charge < -0.3 is 19.9 Å². The predicted molar refractivity (Wildman–Crippen MR) is 99.8 cm³/mol. The summed E-state index contributed by atoms with van der Waals surface area (Å²) in [5, 5.41) is 12.9. The molecule has 140 valence electrons. The smallest absolute Gasteiger partial charge is 0.341 e. The van der Waals surface area contributed by atoms with Crippen LogP contribution in [0, 0.1) is 12.7 Å². The van der Waals surface area contributed by atoms with Gasteiger partial charge in [0.2, 0.25) is 5.43 Å². The molecule has 1 aromatic heterocycles. The van der Waals surface area contributed by atoms with Crippen LogP contribution in [0.2, 0.25) is 0 Å². The maximum atomic E-state index is 15.2. The van der Waals surface area contributed by atoms with Crippen molar-refractivity contribution in [2.45, 2.75) is 46.3 Å². The zero-order chi connectivity index (χ0) is 19.2. The number of aromatic nitrogens is 1. The molecular formula is C19H24FN3O3. The number of fused-ring (bicyclic) bond motifs is 1. The molecule has 0 saturated carbocycles. The summed E-state index contributed by atoms with van der Waals surface area (Å²) in [5.41, 5.74) is 0.253. The van der Waals surface area contributed by atoms with Crippen LogP contribution >= 0.6 is 0 Å². The van der Waals surface area contributed by atoms with Gasteiger partial charge in [0.05, 0.1) is 16.6 Å². The van der Waals surface area contributed by atoms with Crippen molar-refractivity contribution in [2.24, 2.45) is 0 Å². The number of carbonyl (C=O) groups is 1. The molecule has 7 heteroatoms. The van der Waals surface area contributed by atoms with Gasteiger partial charge in [-0.2, -0.15) is 0 Å². The van der Waals surface area contributed by atoms with Crippen LogP contribution in [-0.4, -0.2) is 40.8 Å². The number of aromatic carboxylic acids is 1. The van der Waals surface area contributed by atoms with Gasteiger partial charge in [-0.25, -0.2) is 9.18 Å². The Labute approximate surface area is 151 Å². The number of hydrogen-bond donors (Lipinski definition) is 2. The minimum Gasteiger partial charge on any atom is -0.477 e. The monoisotopic (exact) mass is 361 g/mol. The van der Waals surface area contributed by atoms with E-state index in [9.17, 15) is 14.7 Å². The Bertz CT molecular complexity index is 928. The lowest BCUT2D eigenvalue weighted by Gasteiger charge is -2.38. The Balaban J connectivity index is 2.29. The Morgan fingerprint density at radius 3 is 2.50 bits per heavy atom. The Kier molecular flexibility index (Phi) is 4.75. The van der Waals surface area contributed by atoms with E-state index in [1.54, 1.807) is 17.6 Å². The third-order valence-electron chi connectivity index (χ3n) is 4.99. The van der Waals surface area contributed by atoms with E-state index in [0.29, 0.717) is 30.8 Å². The molecule has 0 aliphatic carbocycles. The maximum absolute atomic E-state index is 15.2. The number of benzene rings is 1. The van der Waals surface area contributed by atoms with Crippen molar-refractivity contribution in [1.29, 1.82) is 0 Å². The zero-order valence-electron chi connectivity index (χ0n) is 15.5. The van der Waals surface area contributed by atoms with E-state index in [2.05, 4.69) is 19.2 Å². The lowest BCUT2D eigenvalue weighted by atomic mass is 10.0. The number of anilines is 1. The number of rotatable bonds is 3. The average molecular weight is 361 g/mol. The quantitative estimate of drug-likeness (QED) is 0.878. The molecule has 0 unspecified atom stereocenters. The van der Waals surface area contributed by atoms with Gasteiger partial charge in [0.15, 0.2) is 0 Å². The van der Waals surface area contributed by atoms with Crippen LogP contribution in [0.4, 0.5) is 10.1 Å². The molecule has 1 aromatic carbocycles. The average Bonchev–Trinajstić information content (AvgIpc) is 2.56. The summed E-state index contributed by atoms with van der Waals surface area (Å²) in [5.74, 6) is -1.76. The lowest BCUT2D eigenvalue weighted by molar-refractivity contribution is 0.0695. The maximum Gasteiger partial charge on any atom is 0.341 e. The first-order valence-electron chi connectivity index (χ1n) is 8.85. The topological polar surface area (TPSA) is 74.6 Å². The Morgan fingerprint density at radius 1 is 1.35 bits per heavy atom. The first kappa shape index (κ1) is 18.4. The highest BCUT2D eigenvalue weighted by Crippen LogP contribution is 2.30. The fourth-order valence-corrected chi connectivity index (χ4v) is 3.86. The van der Waals surface area contributed by atoms with E-state index in [0.717, 1.165) is 0 Å². The van der Waals surface area contributed by atoms with Gasteiger partial charge in [-0.05, 0) is 33.8 Å². The van der Waals surface area contributed by atoms with Gasteiger partial charge in [-0.1, -0.05) is 0 Å². The zero-order valence-corrected chi connectivity index (χ0v) is 15.5. The number of hydrogen-bond acceptors (Lipinski definition) is 4. The van der Waals surface area contributed by atoms with Gasteiger partial charge in [0.25, 0.3) is 0 Å². The van der Waals surface area contributed by atoms with Crippen LogP contribution in [0.3, 0.4) is 0 Å². The fraction of sp³-hybridized carbons (Fsp3) is 0.474. The molecule has 0 amide bonds. The summed E-state index contributed by atoms with van der Waals surface area (Å²) in [4.78, 5) is 26.0. The number of carboxylic acids is 1. The third kappa shape index (κ3) is 2.96. The molecule has 1 aliphatic rings. The highest BCUT2D eigenvalue weighted by atomic mass is 19.1.